The fraction of sp³-hybridized carbons (Fsp3) is 0.333. The summed E-state index contributed by atoms with van der Waals surface area (Å²) in [7, 11) is 0. The second kappa shape index (κ2) is 7.14. The number of anilines is 1. The maximum Gasteiger partial charge on any atom is 0.225 e. The van der Waals surface area contributed by atoms with Crippen molar-refractivity contribution in [2.45, 2.75) is 19.4 Å². The highest BCUT2D eigenvalue weighted by atomic mass is 32.1. The second-order valence-corrected chi connectivity index (χ2v) is 7.14. The van der Waals surface area contributed by atoms with Crippen molar-refractivity contribution in [1.82, 2.24) is 20.3 Å². The van der Waals surface area contributed by atoms with Crippen LogP contribution in [0.2, 0.25) is 0 Å². The van der Waals surface area contributed by atoms with Gasteiger partial charge >= 0.3 is 0 Å². The van der Waals surface area contributed by atoms with Gasteiger partial charge in [-0.15, -0.1) is 0 Å². The van der Waals surface area contributed by atoms with Gasteiger partial charge in [0, 0.05) is 38.2 Å². The van der Waals surface area contributed by atoms with E-state index in [1.165, 1.54) is 0 Å². The summed E-state index contributed by atoms with van der Waals surface area (Å²) in [5.41, 5.74) is 1.94. The molecular formula is C18H19N5OS. The van der Waals surface area contributed by atoms with Gasteiger partial charge in [-0.2, -0.15) is 0 Å². The Morgan fingerprint density at radius 1 is 1.32 bits per heavy atom. The third kappa shape index (κ3) is 3.61. The Morgan fingerprint density at radius 3 is 3.08 bits per heavy atom. The Kier molecular flexibility index (Phi) is 4.56. The van der Waals surface area contributed by atoms with Crippen molar-refractivity contribution in [1.29, 1.82) is 0 Å². The highest BCUT2D eigenvalue weighted by molar-refractivity contribution is 7.21. The minimum atomic E-state index is -0.00890. The van der Waals surface area contributed by atoms with Crippen LogP contribution in [0, 0.1) is 5.92 Å². The van der Waals surface area contributed by atoms with Crippen LogP contribution in [0.25, 0.3) is 10.3 Å². The lowest BCUT2D eigenvalue weighted by molar-refractivity contribution is -0.125. The molecule has 25 heavy (non-hydrogen) atoms. The maximum absolute atomic E-state index is 12.5. The average molecular weight is 353 g/mol. The number of carbonyl (C=O) groups excluding carboxylic acids is 1. The summed E-state index contributed by atoms with van der Waals surface area (Å²) >= 11 is 1.59. The van der Waals surface area contributed by atoms with Gasteiger partial charge in [0.2, 0.25) is 5.91 Å². The number of thiazole rings is 1. The molecule has 7 heteroatoms. The molecule has 1 amide bonds. The first-order valence-electron chi connectivity index (χ1n) is 8.43. The molecule has 1 saturated heterocycles. The minimum Gasteiger partial charge on any atom is -0.352 e. The molecule has 6 nitrogen and oxygen atoms in total. The first kappa shape index (κ1) is 16.0. The molecule has 4 heterocycles. The molecule has 3 aromatic rings. The Morgan fingerprint density at radius 2 is 2.24 bits per heavy atom. The Balaban J connectivity index is 1.41. The van der Waals surface area contributed by atoms with Crippen LogP contribution >= 0.6 is 11.3 Å². The molecule has 0 aromatic carbocycles. The van der Waals surface area contributed by atoms with E-state index in [-0.39, 0.29) is 11.8 Å². The zero-order valence-electron chi connectivity index (χ0n) is 13.8. The van der Waals surface area contributed by atoms with Crippen LogP contribution in [0.5, 0.6) is 0 Å². The highest BCUT2D eigenvalue weighted by Gasteiger charge is 2.27. The third-order valence-electron chi connectivity index (χ3n) is 4.41. The largest absolute Gasteiger partial charge is 0.352 e. The van der Waals surface area contributed by atoms with Crippen molar-refractivity contribution in [2.75, 3.05) is 18.0 Å². The van der Waals surface area contributed by atoms with Crippen molar-refractivity contribution < 1.29 is 4.79 Å². The van der Waals surface area contributed by atoms with Crippen molar-refractivity contribution in [3.63, 3.8) is 0 Å². The Hall–Kier alpha value is -2.54. The van der Waals surface area contributed by atoms with Crippen molar-refractivity contribution in [2.24, 2.45) is 5.92 Å². The van der Waals surface area contributed by atoms with Gasteiger partial charge < -0.3 is 10.2 Å². The van der Waals surface area contributed by atoms with Gasteiger partial charge in [0.25, 0.3) is 0 Å². The van der Waals surface area contributed by atoms with E-state index in [9.17, 15) is 4.79 Å². The molecule has 0 unspecified atom stereocenters. The van der Waals surface area contributed by atoms with E-state index >= 15 is 0 Å². The van der Waals surface area contributed by atoms with E-state index in [1.807, 2.05) is 24.3 Å². The monoisotopic (exact) mass is 353 g/mol. The first-order valence-corrected chi connectivity index (χ1v) is 9.24. The number of rotatable bonds is 4. The normalized spacial score (nSPS) is 17.6. The van der Waals surface area contributed by atoms with Gasteiger partial charge in [0.15, 0.2) is 5.13 Å². The van der Waals surface area contributed by atoms with Crippen LogP contribution < -0.4 is 10.2 Å². The van der Waals surface area contributed by atoms with Gasteiger partial charge in [-0.3, -0.25) is 9.78 Å². The van der Waals surface area contributed by atoms with Crippen LogP contribution in [-0.4, -0.2) is 33.9 Å². The zero-order valence-corrected chi connectivity index (χ0v) is 14.6. The fourth-order valence-corrected chi connectivity index (χ4v) is 4.04. The van der Waals surface area contributed by atoms with Gasteiger partial charge in [-0.05, 0) is 36.6 Å². The van der Waals surface area contributed by atoms with Crippen LogP contribution in [0.3, 0.4) is 0 Å². The summed E-state index contributed by atoms with van der Waals surface area (Å²) in [4.78, 5) is 28.8. The Labute approximate surface area is 149 Å². The number of hydrogen-bond donors (Lipinski definition) is 1. The number of pyridine rings is 2. The number of aromatic nitrogens is 3. The summed E-state index contributed by atoms with van der Waals surface area (Å²) in [6, 6.07) is 7.72. The topological polar surface area (TPSA) is 71.0 Å². The zero-order chi connectivity index (χ0) is 17.1. The number of piperidine rings is 1. The molecule has 128 valence electrons. The molecule has 0 radical (unpaired) electrons. The van der Waals surface area contributed by atoms with Gasteiger partial charge in [0.05, 0.1) is 5.92 Å². The molecular weight excluding hydrogens is 334 g/mol. The van der Waals surface area contributed by atoms with E-state index in [0.29, 0.717) is 13.1 Å². The van der Waals surface area contributed by atoms with Gasteiger partial charge in [-0.1, -0.05) is 17.4 Å². The number of hydrogen-bond acceptors (Lipinski definition) is 6. The maximum atomic E-state index is 12.5. The average Bonchev–Trinajstić information content (AvgIpc) is 3.11. The van der Waals surface area contributed by atoms with Crippen molar-refractivity contribution in [3.05, 3.63) is 48.4 Å². The van der Waals surface area contributed by atoms with Gasteiger partial charge in [-0.25, -0.2) is 9.97 Å². The van der Waals surface area contributed by atoms with Crippen molar-refractivity contribution >= 4 is 32.7 Å². The van der Waals surface area contributed by atoms with Crippen LogP contribution in [0.15, 0.2) is 42.9 Å². The molecule has 0 aliphatic carbocycles. The lowest BCUT2D eigenvalue weighted by Crippen LogP contribution is -2.42. The number of nitrogens with one attached hydrogen (secondary N) is 1. The molecule has 1 atom stereocenters. The van der Waals surface area contributed by atoms with E-state index in [4.69, 9.17) is 0 Å². The standard InChI is InChI=1S/C18H19N5OS/c24-16(21-11-13-4-1-7-19-10-13)14-5-3-9-23(12-14)18-22-15-6-2-8-20-17(15)25-18/h1-2,4,6-8,10,14H,3,5,9,11-12H2,(H,21,24)/t14-/m0/s1. The number of carbonyl (C=O) groups is 1. The first-order chi connectivity index (χ1) is 12.3. The fourth-order valence-electron chi connectivity index (χ4n) is 3.09. The predicted molar refractivity (Wildman–Crippen MR) is 98.4 cm³/mol. The number of amides is 1. The summed E-state index contributed by atoms with van der Waals surface area (Å²) in [5.74, 6) is 0.0955. The second-order valence-electron chi connectivity index (χ2n) is 6.19. The lowest BCUT2D eigenvalue weighted by Gasteiger charge is -2.31. The molecule has 1 aliphatic heterocycles. The van der Waals surface area contributed by atoms with Crippen LogP contribution in [0.4, 0.5) is 5.13 Å². The van der Waals surface area contributed by atoms with E-state index in [1.54, 1.807) is 29.9 Å². The van der Waals surface area contributed by atoms with Crippen LogP contribution in [-0.2, 0) is 11.3 Å². The number of fused-ring (bicyclic) bond motifs is 1. The molecule has 0 bridgehead atoms. The molecule has 1 fully saturated rings. The van der Waals surface area contributed by atoms with E-state index < -0.39 is 0 Å². The van der Waals surface area contributed by atoms with Crippen molar-refractivity contribution in [3.8, 4) is 0 Å². The van der Waals surface area contributed by atoms with Crippen LogP contribution in [0.1, 0.15) is 18.4 Å². The molecule has 0 saturated carbocycles. The third-order valence-corrected chi connectivity index (χ3v) is 5.45. The molecule has 1 N–H and O–H groups in total. The van der Waals surface area contributed by atoms with E-state index in [2.05, 4.69) is 25.2 Å². The summed E-state index contributed by atoms with van der Waals surface area (Å²) < 4.78 is 0. The lowest BCUT2D eigenvalue weighted by atomic mass is 9.97. The molecule has 1 aliphatic rings. The number of nitrogens with zero attached hydrogens (tertiary/aromatic N) is 4. The summed E-state index contributed by atoms with van der Waals surface area (Å²) in [6.07, 6.45) is 7.21. The smallest absolute Gasteiger partial charge is 0.225 e. The van der Waals surface area contributed by atoms with Gasteiger partial charge in [0.1, 0.15) is 10.3 Å². The SMILES string of the molecule is O=C(NCc1cccnc1)[C@H]1CCCN(c2nc3cccnc3s2)C1. The Bertz CT molecular complexity index is 833. The highest BCUT2D eigenvalue weighted by Crippen LogP contribution is 2.30. The molecule has 0 spiro atoms. The quantitative estimate of drug-likeness (QED) is 0.781. The minimum absolute atomic E-state index is 0.00890. The summed E-state index contributed by atoms with van der Waals surface area (Å²) in [5, 5.41) is 3.99. The molecule has 4 rings (SSSR count). The van der Waals surface area contributed by atoms with E-state index in [0.717, 1.165) is 40.4 Å². The predicted octanol–water partition coefficient (Wildman–Crippen LogP) is 2.62. The molecule has 3 aromatic heterocycles. The summed E-state index contributed by atoms with van der Waals surface area (Å²) in [6.45, 7) is 2.17.